The van der Waals surface area contributed by atoms with Crippen molar-refractivity contribution in [3.63, 3.8) is 0 Å². The Balaban J connectivity index is 2.42. The van der Waals surface area contributed by atoms with E-state index in [2.05, 4.69) is 5.32 Å². The average Bonchev–Trinajstić information content (AvgIpc) is 2.15. The fraction of sp³-hybridized carbons (Fsp3) is 0.909. The largest absolute Gasteiger partial charge is 0.444 e. The molecule has 1 amide bonds. The van der Waals surface area contributed by atoms with E-state index in [-0.39, 0.29) is 18.6 Å². The smallest absolute Gasteiger partial charge is 0.407 e. The first-order valence-corrected chi connectivity index (χ1v) is 5.60. The Morgan fingerprint density at radius 3 is 2.81 bits per heavy atom. The zero-order valence-electron chi connectivity index (χ0n) is 10.2. The summed E-state index contributed by atoms with van der Waals surface area (Å²) in [4.78, 5) is 11.5. The van der Waals surface area contributed by atoms with Crippen LogP contribution in [0.2, 0.25) is 0 Å². The molecule has 16 heavy (non-hydrogen) atoms. The van der Waals surface area contributed by atoms with Crippen LogP contribution in [0.1, 0.15) is 27.2 Å². The number of carbonyl (C=O) groups excluding carboxylic acids is 1. The number of aliphatic hydroxyl groups excluding tert-OH is 1. The minimum Gasteiger partial charge on any atom is -0.444 e. The van der Waals surface area contributed by atoms with E-state index in [0.717, 1.165) is 0 Å². The normalized spacial score (nSPS) is 26.2. The van der Waals surface area contributed by atoms with Crippen LogP contribution < -0.4 is 5.32 Å². The molecular weight excluding hydrogens is 210 g/mol. The van der Waals surface area contributed by atoms with Crippen molar-refractivity contribution in [2.45, 2.75) is 38.8 Å². The molecule has 5 heteroatoms. The van der Waals surface area contributed by atoms with E-state index in [4.69, 9.17) is 14.6 Å². The zero-order chi connectivity index (χ0) is 12.2. The third-order valence-electron chi connectivity index (χ3n) is 2.41. The first-order chi connectivity index (χ1) is 7.42. The maximum atomic E-state index is 11.5. The van der Waals surface area contributed by atoms with Gasteiger partial charge in [0.15, 0.2) is 0 Å². The van der Waals surface area contributed by atoms with Gasteiger partial charge in [0.25, 0.3) is 0 Å². The van der Waals surface area contributed by atoms with E-state index in [1.165, 1.54) is 0 Å². The van der Waals surface area contributed by atoms with Gasteiger partial charge < -0.3 is 19.9 Å². The number of hydrogen-bond donors (Lipinski definition) is 2. The maximum Gasteiger partial charge on any atom is 0.407 e. The van der Waals surface area contributed by atoms with Crippen molar-refractivity contribution >= 4 is 6.09 Å². The average molecular weight is 231 g/mol. The Morgan fingerprint density at radius 2 is 2.25 bits per heavy atom. The van der Waals surface area contributed by atoms with Crippen molar-refractivity contribution in [2.75, 3.05) is 19.8 Å². The highest BCUT2D eigenvalue weighted by molar-refractivity contribution is 5.68. The van der Waals surface area contributed by atoms with Crippen LogP contribution in [-0.4, -0.2) is 42.7 Å². The Hall–Kier alpha value is -0.810. The summed E-state index contributed by atoms with van der Waals surface area (Å²) in [6.07, 6.45) is 0.280. The van der Waals surface area contributed by atoms with Gasteiger partial charge in [-0.15, -0.1) is 0 Å². The molecule has 1 fully saturated rings. The van der Waals surface area contributed by atoms with Crippen molar-refractivity contribution in [1.29, 1.82) is 0 Å². The van der Waals surface area contributed by atoms with Crippen LogP contribution in [0.15, 0.2) is 0 Å². The number of rotatable bonds is 2. The summed E-state index contributed by atoms with van der Waals surface area (Å²) < 4.78 is 10.4. The van der Waals surface area contributed by atoms with E-state index in [9.17, 15) is 4.79 Å². The molecule has 0 aromatic rings. The molecule has 94 valence electrons. The molecule has 2 atom stereocenters. The predicted molar refractivity (Wildman–Crippen MR) is 59.2 cm³/mol. The summed E-state index contributed by atoms with van der Waals surface area (Å²) in [5, 5.41) is 11.9. The Labute approximate surface area is 96.1 Å². The lowest BCUT2D eigenvalue weighted by atomic mass is 9.97. The first-order valence-electron chi connectivity index (χ1n) is 5.60. The fourth-order valence-corrected chi connectivity index (χ4v) is 1.63. The van der Waals surface area contributed by atoms with Crippen molar-refractivity contribution in [3.05, 3.63) is 0 Å². The molecule has 1 aliphatic heterocycles. The molecule has 1 saturated heterocycles. The van der Waals surface area contributed by atoms with E-state index in [0.29, 0.717) is 19.6 Å². The topological polar surface area (TPSA) is 67.8 Å². The SMILES string of the molecule is CC(C)(C)OC(=O)N[C@@H]1CCOC[C@@H]1CO. The van der Waals surface area contributed by atoms with Gasteiger partial charge in [0.2, 0.25) is 0 Å². The summed E-state index contributed by atoms with van der Waals surface area (Å²) in [5.41, 5.74) is -0.496. The fourth-order valence-electron chi connectivity index (χ4n) is 1.63. The number of carbonyl (C=O) groups is 1. The number of nitrogens with one attached hydrogen (secondary N) is 1. The third kappa shape index (κ3) is 4.37. The molecule has 0 saturated carbocycles. The molecule has 0 bridgehead atoms. The van der Waals surface area contributed by atoms with E-state index < -0.39 is 11.7 Å². The number of hydrogen-bond acceptors (Lipinski definition) is 4. The number of alkyl carbamates (subject to hydrolysis) is 1. The lowest BCUT2D eigenvalue weighted by Crippen LogP contribution is -2.48. The second-order valence-corrected chi connectivity index (χ2v) is 5.06. The summed E-state index contributed by atoms with van der Waals surface area (Å²) in [6, 6.07) is -0.0615. The molecular formula is C11H21NO4. The van der Waals surface area contributed by atoms with Gasteiger partial charge in [-0.1, -0.05) is 0 Å². The van der Waals surface area contributed by atoms with Crippen molar-refractivity contribution in [1.82, 2.24) is 5.32 Å². The van der Waals surface area contributed by atoms with Gasteiger partial charge in [0.05, 0.1) is 13.2 Å². The Bertz CT molecular complexity index is 237. The predicted octanol–water partition coefficient (Wildman–Crippen LogP) is 0.908. The monoisotopic (exact) mass is 231 g/mol. The van der Waals surface area contributed by atoms with Gasteiger partial charge in [-0.3, -0.25) is 0 Å². The van der Waals surface area contributed by atoms with Crippen LogP contribution in [0.25, 0.3) is 0 Å². The first kappa shape index (κ1) is 13.3. The molecule has 1 aliphatic rings. The van der Waals surface area contributed by atoms with E-state index >= 15 is 0 Å². The van der Waals surface area contributed by atoms with Crippen molar-refractivity contribution < 1.29 is 19.4 Å². The van der Waals surface area contributed by atoms with Gasteiger partial charge in [-0.05, 0) is 27.2 Å². The molecule has 0 aromatic heterocycles. The minimum atomic E-state index is -0.496. The molecule has 0 aromatic carbocycles. The summed E-state index contributed by atoms with van der Waals surface area (Å²) >= 11 is 0. The molecule has 1 rings (SSSR count). The highest BCUT2D eigenvalue weighted by atomic mass is 16.6. The molecule has 0 spiro atoms. The van der Waals surface area contributed by atoms with Crippen LogP contribution in [0.3, 0.4) is 0 Å². The van der Waals surface area contributed by atoms with E-state index in [1.54, 1.807) is 0 Å². The van der Waals surface area contributed by atoms with Crippen LogP contribution in [0, 0.1) is 5.92 Å². The van der Waals surface area contributed by atoms with Gasteiger partial charge in [0.1, 0.15) is 5.60 Å². The van der Waals surface area contributed by atoms with Crippen molar-refractivity contribution in [2.24, 2.45) is 5.92 Å². The molecule has 0 aliphatic carbocycles. The van der Waals surface area contributed by atoms with Crippen molar-refractivity contribution in [3.8, 4) is 0 Å². The minimum absolute atomic E-state index is 0.0143. The van der Waals surface area contributed by atoms with Crippen LogP contribution in [0.5, 0.6) is 0 Å². The lowest BCUT2D eigenvalue weighted by molar-refractivity contribution is 0.000846. The summed E-state index contributed by atoms with van der Waals surface area (Å²) in [7, 11) is 0. The number of aliphatic hydroxyl groups is 1. The Morgan fingerprint density at radius 1 is 1.56 bits per heavy atom. The van der Waals surface area contributed by atoms with Gasteiger partial charge in [0, 0.05) is 18.6 Å². The Kier molecular flexibility index (Phi) is 4.56. The van der Waals surface area contributed by atoms with Gasteiger partial charge in [-0.25, -0.2) is 4.79 Å². The molecule has 0 unspecified atom stereocenters. The maximum absolute atomic E-state index is 11.5. The number of amides is 1. The lowest BCUT2D eigenvalue weighted by Gasteiger charge is -2.31. The van der Waals surface area contributed by atoms with Crippen LogP contribution in [0.4, 0.5) is 4.79 Å². The second kappa shape index (κ2) is 5.50. The second-order valence-electron chi connectivity index (χ2n) is 5.06. The highest BCUT2D eigenvalue weighted by Gasteiger charge is 2.28. The van der Waals surface area contributed by atoms with Crippen LogP contribution >= 0.6 is 0 Å². The zero-order valence-corrected chi connectivity index (χ0v) is 10.2. The summed E-state index contributed by atoms with van der Waals surface area (Å²) in [5.74, 6) is -0.0405. The quantitative estimate of drug-likeness (QED) is 0.741. The van der Waals surface area contributed by atoms with Gasteiger partial charge in [-0.2, -0.15) is 0 Å². The molecule has 0 radical (unpaired) electrons. The molecule has 1 heterocycles. The van der Waals surface area contributed by atoms with Crippen LogP contribution in [-0.2, 0) is 9.47 Å². The summed E-state index contributed by atoms with van der Waals surface area (Å²) in [6.45, 7) is 6.56. The number of ether oxygens (including phenoxy) is 2. The van der Waals surface area contributed by atoms with Gasteiger partial charge >= 0.3 is 6.09 Å². The molecule has 2 N–H and O–H groups in total. The molecule has 5 nitrogen and oxygen atoms in total. The van der Waals surface area contributed by atoms with E-state index in [1.807, 2.05) is 20.8 Å². The highest BCUT2D eigenvalue weighted by Crippen LogP contribution is 2.15. The standard InChI is InChI=1S/C11H21NO4/c1-11(2,3)16-10(14)12-9-4-5-15-7-8(9)6-13/h8-9,13H,4-7H2,1-3H3,(H,12,14)/t8-,9+/m0/s1. The third-order valence-corrected chi connectivity index (χ3v) is 2.41.